The molecule has 0 unspecified atom stereocenters. The highest BCUT2D eigenvalue weighted by Gasteiger charge is 2.10. The maximum Gasteiger partial charge on any atom is 0.0872 e. The summed E-state index contributed by atoms with van der Waals surface area (Å²) in [6.45, 7) is 6.19. The molecule has 1 aliphatic rings. The van der Waals surface area contributed by atoms with E-state index in [1.165, 1.54) is 12.8 Å². The lowest BCUT2D eigenvalue weighted by atomic mass is 10.3. The molecule has 12 heavy (non-hydrogen) atoms. The van der Waals surface area contributed by atoms with Crippen molar-refractivity contribution in [3.8, 4) is 0 Å². The van der Waals surface area contributed by atoms with Gasteiger partial charge in [-0.25, -0.2) is 4.39 Å². The van der Waals surface area contributed by atoms with Crippen LogP contribution in [0.2, 0.25) is 0 Å². The fourth-order valence-corrected chi connectivity index (χ4v) is 0.928. The van der Waals surface area contributed by atoms with Crippen LogP contribution in [0.1, 0.15) is 33.1 Å². The van der Waals surface area contributed by atoms with Crippen molar-refractivity contribution in [3.05, 3.63) is 11.9 Å². The zero-order valence-electron chi connectivity index (χ0n) is 8.44. The second-order valence-corrected chi connectivity index (χ2v) is 3.26. The number of rotatable bonds is 1. The molecule has 1 aliphatic heterocycles. The maximum atomic E-state index is 11.7. The minimum atomic E-state index is 0.726. The standard InChI is InChI=1S/C6H10FN.C4H10/c1-8-3-2-6(4-7)5-8;1-3-4-2/h4H,2-3,5H2,1H3;3-4H2,1-2H3/b6-4-;. The molecule has 0 amide bonds. The Morgan fingerprint density at radius 2 is 2.00 bits per heavy atom. The molecular formula is C10H20FN. The van der Waals surface area contributed by atoms with Gasteiger partial charge in [-0.05, 0) is 19.0 Å². The van der Waals surface area contributed by atoms with Crippen molar-refractivity contribution < 1.29 is 4.39 Å². The zero-order chi connectivity index (χ0) is 9.40. The number of nitrogens with zero attached hydrogens (tertiary/aromatic N) is 1. The quantitative estimate of drug-likeness (QED) is 0.589. The van der Waals surface area contributed by atoms with Crippen LogP contribution in [-0.4, -0.2) is 25.0 Å². The highest BCUT2D eigenvalue weighted by Crippen LogP contribution is 2.11. The van der Waals surface area contributed by atoms with Crippen LogP contribution in [-0.2, 0) is 0 Å². The molecule has 1 rings (SSSR count). The predicted molar refractivity (Wildman–Crippen MR) is 51.9 cm³/mol. The summed E-state index contributed by atoms with van der Waals surface area (Å²) in [6, 6.07) is 0. The van der Waals surface area contributed by atoms with Gasteiger partial charge in [0.2, 0.25) is 0 Å². The second kappa shape index (κ2) is 7.29. The molecule has 0 radical (unpaired) electrons. The molecule has 0 aromatic carbocycles. The normalized spacial score (nSPS) is 20.8. The van der Waals surface area contributed by atoms with Crippen LogP contribution in [0.3, 0.4) is 0 Å². The lowest BCUT2D eigenvalue weighted by molar-refractivity contribution is 0.424. The van der Waals surface area contributed by atoms with Crippen molar-refractivity contribution in [2.45, 2.75) is 33.1 Å². The van der Waals surface area contributed by atoms with Gasteiger partial charge in [-0.3, -0.25) is 0 Å². The highest BCUT2D eigenvalue weighted by atomic mass is 19.1. The second-order valence-electron chi connectivity index (χ2n) is 3.26. The lowest BCUT2D eigenvalue weighted by Gasteiger charge is -2.01. The van der Waals surface area contributed by atoms with Crippen LogP contribution in [0.25, 0.3) is 0 Å². The Labute approximate surface area is 75.3 Å². The average Bonchev–Trinajstić information content (AvgIpc) is 2.52. The monoisotopic (exact) mass is 173 g/mol. The Kier molecular flexibility index (Phi) is 7.06. The van der Waals surface area contributed by atoms with Crippen LogP contribution in [0.4, 0.5) is 4.39 Å². The summed E-state index contributed by atoms with van der Waals surface area (Å²) in [5.41, 5.74) is 0.924. The first kappa shape index (κ1) is 11.6. The van der Waals surface area contributed by atoms with E-state index < -0.39 is 0 Å². The van der Waals surface area contributed by atoms with E-state index in [0.717, 1.165) is 31.4 Å². The van der Waals surface area contributed by atoms with Crippen LogP contribution in [0.15, 0.2) is 11.9 Å². The van der Waals surface area contributed by atoms with Crippen molar-refractivity contribution in [2.75, 3.05) is 20.1 Å². The van der Waals surface area contributed by atoms with E-state index in [1.807, 2.05) is 7.05 Å². The van der Waals surface area contributed by atoms with Crippen molar-refractivity contribution in [1.29, 1.82) is 0 Å². The smallest absolute Gasteiger partial charge is 0.0872 e. The van der Waals surface area contributed by atoms with E-state index >= 15 is 0 Å². The van der Waals surface area contributed by atoms with Crippen molar-refractivity contribution >= 4 is 0 Å². The number of likely N-dealkylation sites (tertiary alicyclic amines) is 1. The van der Waals surface area contributed by atoms with Crippen molar-refractivity contribution in [2.24, 2.45) is 0 Å². The van der Waals surface area contributed by atoms with E-state index in [9.17, 15) is 4.39 Å². The summed E-state index contributed by atoms with van der Waals surface area (Å²) >= 11 is 0. The van der Waals surface area contributed by atoms with Gasteiger partial charge >= 0.3 is 0 Å². The third-order valence-corrected chi connectivity index (χ3v) is 1.94. The molecule has 72 valence electrons. The van der Waals surface area contributed by atoms with Crippen LogP contribution in [0.5, 0.6) is 0 Å². The molecule has 0 aromatic heterocycles. The maximum absolute atomic E-state index is 11.7. The molecule has 2 heteroatoms. The molecule has 0 N–H and O–H groups in total. The molecular weight excluding hydrogens is 153 g/mol. The predicted octanol–water partition coefficient (Wildman–Crippen LogP) is 2.98. The van der Waals surface area contributed by atoms with Gasteiger partial charge in [0, 0.05) is 13.1 Å². The van der Waals surface area contributed by atoms with Crippen LogP contribution in [0, 0.1) is 0 Å². The molecule has 0 bridgehead atoms. The number of hydrogen-bond donors (Lipinski definition) is 0. The summed E-state index contributed by atoms with van der Waals surface area (Å²) < 4.78 is 11.7. The summed E-state index contributed by atoms with van der Waals surface area (Å²) in [5.74, 6) is 0. The van der Waals surface area contributed by atoms with E-state index in [2.05, 4.69) is 18.7 Å². The summed E-state index contributed by atoms with van der Waals surface area (Å²) in [7, 11) is 2.00. The summed E-state index contributed by atoms with van der Waals surface area (Å²) in [4.78, 5) is 2.10. The van der Waals surface area contributed by atoms with Gasteiger partial charge in [-0.15, -0.1) is 0 Å². The Balaban J connectivity index is 0.000000261. The first-order valence-electron chi connectivity index (χ1n) is 4.71. The van der Waals surface area contributed by atoms with E-state index in [0.29, 0.717) is 0 Å². The summed E-state index contributed by atoms with van der Waals surface area (Å²) in [6.07, 6.45) is 4.27. The molecule has 1 heterocycles. The molecule has 0 spiro atoms. The van der Waals surface area contributed by atoms with Crippen molar-refractivity contribution in [3.63, 3.8) is 0 Å². The SMILES string of the molecule is CCCC.CN1CC/C(=C/F)C1. The Hall–Kier alpha value is -0.370. The number of unbranched alkanes of at least 4 members (excludes halogenated alkanes) is 1. The van der Waals surface area contributed by atoms with Gasteiger partial charge < -0.3 is 4.90 Å². The third-order valence-electron chi connectivity index (χ3n) is 1.94. The van der Waals surface area contributed by atoms with Gasteiger partial charge in [0.1, 0.15) is 0 Å². The number of hydrogen-bond acceptors (Lipinski definition) is 1. The largest absolute Gasteiger partial charge is 0.302 e. The van der Waals surface area contributed by atoms with E-state index in [-0.39, 0.29) is 0 Å². The Morgan fingerprint density at radius 1 is 1.42 bits per heavy atom. The molecule has 0 saturated carbocycles. The highest BCUT2D eigenvalue weighted by molar-refractivity contribution is 5.05. The zero-order valence-corrected chi connectivity index (χ0v) is 8.44. The third kappa shape index (κ3) is 5.30. The van der Waals surface area contributed by atoms with Crippen molar-refractivity contribution in [1.82, 2.24) is 4.90 Å². The molecule has 1 saturated heterocycles. The number of halogens is 1. The first-order valence-corrected chi connectivity index (χ1v) is 4.71. The first-order chi connectivity index (χ1) is 5.74. The molecule has 1 nitrogen and oxygen atoms in total. The van der Waals surface area contributed by atoms with Gasteiger partial charge in [0.15, 0.2) is 0 Å². The molecule has 1 fully saturated rings. The van der Waals surface area contributed by atoms with E-state index in [1.54, 1.807) is 0 Å². The number of likely N-dealkylation sites (N-methyl/N-ethyl adjacent to an activating group) is 1. The summed E-state index contributed by atoms with van der Waals surface area (Å²) in [5, 5.41) is 0. The van der Waals surface area contributed by atoms with Crippen LogP contribution < -0.4 is 0 Å². The minimum Gasteiger partial charge on any atom is -0.302 e. The molecule has 0 aliphatic carbocycles. The average molecular weight is 173 g/mol. The lowest BCUT2D eigenvalue weighted by Crippen LogP contribution is -2.11. The molecule has 0 aromatic rings. The topological polar surface area (TPSA) is 3.24 Å². The Bertz CT molecular complexity index is 130. The van der Waals surface area contributed by atoms with Gasteiger partial charge in [-0.2, -0.15) is 0 Å². The van der Waals surface area contributed by atoms with E-state index in [4.69, 9.17) is 0 Å². The fraction of sp³-hybridized carbons (Fsp3) is 0.800. The minimum absolute atomic E-state index is 0.726. The van der Waals surface area contributed by atoms with Crippen LogP contribution >= 0.6 is 0 Å². The fourth-order valence-electron chi connectivity index (χ4n) is 0.928. The molecule has 0 atom stereocenters. The van der Waals surface area contributed by atoms with Gasteiger partial charge in [0.25, 0.3) is 0 Å². The van der Waals surface area contributed by atoms with Gasteiger partial charge in [-0.1, -0.05) is 26.7 Å². The Morgan fingerprint density at radius 3 is 2.17 bits per heavy atom. The van der Waals surface area contributed by atoms with Gasteiger partial charge in [0.05, 0.1) is 6.33 Å².